The molecule has 1 fully saturated rings. The zero-order valence-electron chi connectivity index (χ0n) is 10.8. The zero-order valence-corrected chi connectivity index (χ0v) is 10.8. The van der Waals surface area contributed by atoms with Crippen LogP contribution in [0.1, 0.15) is 24.1 Å². The fourth-order valence-corrected chi connectivity index (χ4v) is 1.92. The Balaban J connectivity index is 1.89. The second kappa shape index (κ2) is 4.93. The highest BCUT2D eigenvalue weighted by molar-refractivity contribution is 5.49. The first-order valence-electron chi connectivity index (χ1n) is 6.47. The molecular formula is C14H16N4O. The van der Waals surface area contributed by atoms with Crippen LogP contribution in [0.5, 0.6) is 0 Å². The van der Waals surface area contributed by atoms with Crippen molar-refractivity contribution >= 4 is 0 Å². The predicted octanol–water partition coefficient (Wildman–Crippen LogP) is 1.39. The van der Waals surface area contributed by atoms with E-state index in [-0.39, 0.29) is 5.56 Å². The minimum Gasteiger partial charge on any atom is -0.308 e. The quantitative estimate of drug-likeness (QED) is 0.867. The number of pyridine rings is 1. The molecule has 0 radical (unpaired) electrons. The van der Waals surface area contributed by atoms with Crippen LogP contribution in [0.15, 0.2) is 29.2 Å². The van der Waals surface area contributed by atoms with Gasteiger partial charge in [0, 0.05) is 24.8 Å². The number of nitrogens with zero attached hydrogens (tertiary/aromatic N) is 2. The molecule has 0 aromatic carbocycles. The summed E-state index contributed by atoms with van der Waals surface area (Å²) in [6.07, 6.45) is 4.16. The van der Waals surface area contributed by atoms with Gasteiger partial charge in [0.15, 0.2) is 5.82 Å². The summed E-state index contributed by atoms with van der Waals surface area (Å²) in [4.78, 5) is 23.1. The molecule has 0 unspecified atom stereocenters. The molecule has 5 heteroatoms. The highest BCUT2D eigenvalue weighted by Gasteiger charge is 2.20. The molecule has 19 heavy (non-hydrogen) atoms. The van der Waals surface area contributed by atoms with Gasteiger partial charge in [-0.1, -0.05) is 0 Å². The lowest BCUT2D eigenvalue weighted by Gasteiger charge is -2.05. The Morgan fingerprint density at radius 1 is 1.42 bits per heavy atom. The summed E-state index contributed by atoms with van der Waals surface area (Å²) in [5.74, 6) is 0.531. The maximum atomic E-state index is 11.7. The second-order valence-electron chi connectivity index (χ2n) is 4.96. The number of hydrogen-bond donors (Lipinski definition) is 2. The molecule has 1 aliphatic rings. The molecule has 0 saturated heterocycles. The van der Waals surface area contributed by atoms with Crippen molar-refractivity contribution in [3.05, 3.63) is 46.0 Å². The summed E-state index contributed by atoms with van der Waals surface area (Å²) in [5, 5.41) is 3.35. The molecule has 0 amide bonds. The Morgan fingerprint density at radius 2 is 2.26 bits per heavy atom. The van der Waals surface area contributed by atoms with Crippen LogP contribution < -0.4 is 10.9 Å². The van der Waals surface area contributed by atoms with Gasteiger partial charge < -0.3 is 10.3 Å². The largest absolute Gasteiger partial charge is 0.308 e. The summed E-state index contributed by atoms with van der Waals surface area (Å²) in [6, 6.07) is 5.96. The fourth-order valence-electron chi connectivity index (χ4n) is 1.92. The van der Waals surface area contributed by atoms with Crippen molar-refractivity contribution in [1.29, 1.82) is 0 Å². The topological polar surface area (TPSA) is 70.7 Å². The fraction of sp³-hybridized carbons (Fsp3) is 0.357. The van der Waals surface area contributed by atoms with Gasteiger partial charge >= 0.3 is 0 Å². The molecule has 2 aromatic rings. The van der Waals surface area contributed by atoms with Gasteiger partial charge in [-0.15, -0.1) is 0 Å². The number of rotatable bonds is 4. The van der Waals surface area contributed by atoms with Gasteiger partial charge in [0.05, 0.1) is 5.69 Å². The van der Waals surface area contributed by atoms with E-state index < -0.39 is 0 Å². The lowest BCUT2D eigenvalue weighted by molar-refractivity contribution is 0.672. The smallest absolute Gasteiger partial charge is 0.251 e. The Kier molecular flexibility index (Phi) is 3.13. The van der Waals surface area contributed by atoms with Crippen LogP contribution in [-0.2, 0) is 6.54 Å². The van der Waals surface area contributed by atoms with Crippen LogP contribution in [0.3, 0.4) is 0 Å². The van der Waals surface area contributed by atoms with E-state index in [2.05, 4.69) is 20.3 Å². The highest BCUT2D eigenvalue weighted by Crippen LogP contribution is 2.19. The van der Waals surface area contributed by atoms with Crippen LogP contribution in [0.2, 0.25) is 0 Å². The average Bonchev–Trinajstić information content (AvgIpc) is 3.20. The standard InChI is InChI=1S/C14H16N4O/c1-9-4-5-15-12(6-9)14-17-11(7-13(19)18-14)8-16-10-2-3-10/h4-7,10,16H,2-3,8H2,1H3,(H,17,18,19). The molecule has 0 bridgehead atoms. The first-order chi connectivity index (χ1) is 9.20. The first-order valence-corrected chi connectivity index (χ1v) is 6.47. The summed E-state index contributed by atoms with van der Waals surface area (Å²) >= 11 is 0. The normalized spacial score (nSPS) is 14.6. The minimum absolute atomic E-state index is 0.138. The summed E-state index contributed by atoms with van der Waals surface area (Å²) in [5.41, 5.74) is 2.41. The molecule has 1 saturated carbocycles. The van der Waals surface area contributed by atoms with Gasteiger partial charge in [0.1, 0.15) is 5.69 Å². The van der Waals surface area contributed by atoms with Crippen LogP contribution in [0.4, 0.5) is 0 Å². The van der Waals surface area contributed by atoms with Crippen molar-refractivity contribution in [2.24, 2.45) is 0 Å². The SMILES string of the molecule is Cc1ccnc(-c2nc(CNC3CC3)cc(=O)[nH]2)c1. The minimum atomic E-state index is -0.138. The van der Waals surface area contributed by atoms with E-state index in [4.69, 9.17) is 0 Å². The van der Waals surface area contributed by atoms with Crippen molar-refractivity contribution in [2.75, 3.05) is 0 Å². The van der Waals surface area contributed by atoms with E-state index in [1.165, 1.54) is 18.9 Å². The summed E-state index contributed by atoms with van der Waals surface area (Å²) < 4.78 is 0. The van der Waals surface area contributed by atoms with Crippen LogP contribution in [0.25, 0.3) is 11.5 Å². The molecule has 2 heterocycles. The molecule has 5 nitrogen and oxygen atoms in total. The van der Waals surface area contributed by atoms with Crippen molar-refractivity contribution in [1.82, 2.24) is 20.3 Å². The van der Waals surface area contributed by atoms with Crippen LogP contribution >= 0.6 is 0 Å². The molecule has 1 aliphatic carbocycles. The summed E-state index contributed by atoms with van der Waals surface area (Å²) in [7, 11) is 0. The summed E-state index contributed by atoms with van der Waals surface area (Å²) in [6.45, 7) is 2.62. The zero-order chi connectivity index (χ0) is 13.2. The maximum Gasteiger partial charge on any atom is 0.251 e. The number of nitrogens with one attached hydrogen (secondary N) is 2. The predicted molar refractivity (Wildman–Crippen MR) is 72.7 cm³/mol. The van der Waals surface area contributed by atoms with Crippen molar-refractivity contribution in [3.63, 3.8) is 0 Å². The van der Waals surface area contributed by atoms with Crippen molar-refractivity contribution in [2.45, 2.75) is 32.4 Å². The van der Waals surface area contributed by atoms with Gasteiger partial charge in [0.25, 0.3) is 5.56 Å². The third-order valence-electron chi connectivity index (χ3n) is 3.10. The van der Waals surface area contributed by atoms with E-state index in [1.54, 1.807) is 6.20 Å². The second-order valence-corrected chi connectivity index (χ2v) is 4.96. The van der Waals surface area contributed by atoms with E-state index >= 15 is 0 Å². The monoisotopic (exact) mass is 256 g/mol. The number of aromatic nitrogens is 3. The van der Waals surface area contributed by atoms with E-state index in [9.17, 15) is 4.79 Å². The number of aromatic amines is 1. The number of hydrogen-bond acceptors (Lipinski definition) is 4. The molecule has 2 aromatic heterocycles. The third-order valence-corrected chi connectivity index (χ3v) is 3.10. The van der Waals surface area contributed by atoms with Gasteiger partial charge in [0.2, 0.25) is 0 Å². The first kappa shape index (κ1) is 12.0. The Morgan fingerprint density at radius 3 is 3.00 bits per heavy atom. The molecule has 0 atom stereocenters. The molecule has 2 N–H and O–H groups in total. The van der Waals surface area contributed by atoms with E-state index in [0.717, 1.165) is 11.3 Å². The Hall–Kier alpha value is -2.01. The van der Waals surface area contributed by atoms with Gasteiger partial charge in [-0.2, -0.15) is 0 Å². The third kappa shape index (κ3) is 3.06. The number of H-pyrrole nitrogens is 1. The number of aryl methyl sites for hydroxylation is 1. The van der Waals surface area contributed by atoms with Crippen LogP contribution in [0, 0.1) is 6.92 Å². The van der Waals surface area contributed by atoms with Gasteiger partial charge in [-0.05, 0) is 37.5 Å². The average molecular weight is 256 g/mol. The molecule has 3 rings (SSSR count). The molecular weight excluding hydrogens is 240 g/mol. The van der Waals surface area contributed by atoms with E-state index in [1.807, 2.05) is 19.1 Å². The molecule has 0 aliphatic heterocycles. The van der Waals surface area contributed by atoms with E-state index in [0.29, 0.717) is 24.1 Å². The molecule has 0 spiro atoms. The maximum absolute atomic E-state index is 11.7. The van der Waals surface area contributed by atoms with Crippen molar-refractivity contribution < 1.29 is 0 Å². The van der Waals surface area contributed by atoms with Crippen molar-refractivity contribution in [3.8, 4) is 11.5 Å². The lowest BCUT2D eigenvalue weighted by Crippen LogP contribution is -2.19. The lowest BCUT2D eigenvalue weighted by atomic mass is 10.2. The van der Waals surface area contributed by atoms with Crippen LogP contribution in [-0.4, -0.2) is 21.0 Å². The molecule has 98 valence electrons. The van der Waals surface area contributed by atoms with Gasteiger partial charge in [-0.25, -0.2) is 4.98 Å². The van der Waals surface area contributed by atoms with Gasteiger partial charge in [-0.3, -0.25) is 9.78 Å². The highest BCUT2D eigenvalue weighted by atomic mass is 16.1. The Bertz CT molecular complexity index is 646. The Labute approximate surface area is 111 Å².